The topological polar surface area (TPSA) is 58.6 Å². The molecule has 0 aliphatic heterocycles. The van der Waals surface area contributed by atoms with Crippen molar-refractivity contribution in [2.24, 2.45) is 0 Å². The Labute approximate surface area is 99.2 Å². The Morgan fingerprint density at radius 3 is 2.81 bits per heavy atom. The van der Waals surface area contributed by atoms with Crippen LogP contribution in [0.3, 0.4) is 0 Å². The molecule has 0 heterocycles. The predicted molar refractivity (Wildman–Crippen MR) is 62.9 cm³/mol. The van der Waals surface area contributed by atoms with Crippen molar-refractivity contribution in [1.82, 2.24) is 0 Å². The number of anilines is 1. The molecule has 1 rings (SSSR count). The summed E-state index contributed by atoms with van der Waals surface area (Å²) in [5.41, 5.74) is 0.459. The van der Waals surface area contributed by atoms with E-state index in [1.165, 1.54) is 0 Å². The molecule has 5 heteroatoms. The lowest BCUT2D eigenvalue weighted by molar-refractivity contribution is -0.118. The third-order valence-corrected chi connectivity index (χ3v) is 2.04. The average Bonchev–Trinajstić information content (AvgIpc) is 2.22. The van der Waals surface area contributed by atoms with Crippen molar-refractivity contribution in [2.45, 2.75) is 20.0 Å². The standard InChI is InChI=1S/C11H14ClNO3/c1-7(2)16-11-8(12)4-3-5-9(11)13-10(15)6-14/h3-5,7,14H,6H2,1-2H3,(H,13,15). The van der Waals surface area contributed by atoms with Crippen LogP contribution in [0.25, 0.3) is 0 Å². The van der Waals surface area contributed by atoms with Crippen LogP contribution in [-0.4, -0.2) is 23.7 Å². The molecular weight excluding hydrogens is 230 g/mol. The van der Waals surface area contributed by atoms with Crippen molar-refractivity contribution in [2.75, 3.05) is 11.9 Å². The molecule has 0 bridgehead atoms. The van der Waals surface area contributed by atoms with Crippen LogP contribution in [0.5, 0.6) is 5.75 Å². The molecule has 0 saturated heterocycles. The number of carbonyl (C=O) groups is 1. The lowest BCUT2D eigenvalue weighted by Crippen LogP contribution is -2.17. The predicted octanol–water partition coefficient (Wildman–Crippen LogP) is 2.06. The van der Waals surface area contributed by atoms with Crippen molar-refractivity contribution in [3.63, 3.8) is 0 Å². The first kappa shape index (κ1) is 12.8. The average molecular weight is 244 g/mol. The molecule has 0 saturated carbocycles. The second-order valence-corrected chi connectivity index (χ2v) is 3.90. The molecule has 0 radical (unpaired) electrons. The summed E-state index contributed by atoms with van der Waals surface area (Å²) in [7, 11) is 0. The fourth-order valence-electron chi connectivity index (χ4n) is 1.15. The van der Waals surface area contributed by atoms with Crippen molar-refractivity contribution < 1.29 is 14.6 Å². The lowest BCUT2D eigenvalue weighted by atomic mass is 10.3. The van der Waals surface area contributed by atoms with E-state index in [1.54, 1.807) is 18.2 Å². The Morgan fingerprint density at radius 2 is 2.25 bits per heavy atom. The van der Waals surface area contributed by atoms with Crippen LogP contribution in [0.4, 0.5) is 5.69 Å². The van der Waals surface area contributed by atoms with Gasteiger partial charge in [0.2, 0.25) is 5.91 Å². The van der Waals surface area contributed by atoms with E-state index in [-0.39, 0.29) is 6.10 Å². The van der Waals surface area contributed by atoms with Gasteiger partial charge in [-0.25, -0.2) is 0 Å². The molecule has 1 aromatic rings. The van der Waals surface area contributed by atoms with E-state index in [9.17, 15) is 4.79 Å². The number of aliphatic hydroxyl groups is 1. The molecule has 0 spiro atoms. The summed E-state index contributed by atoms with van der Waals surface area (Å²) in [6, 6.07) is 5.04. The minimum absolute atomic E-state index is 0.0512. The van der Waals surface area contributed by atoms with Crippen LogP contribution >= 0.6 is 11.6 Å². The minimum Gasteiger partial charge on any atom is -0.487 e. The van der Waals surface area contributed by atoms with Gasteiger partial charge in [0.1, 0.15) is 6.61 Å². The molecule has 88 valence electrons. The highest BCUT2D eigenvalue weighted by atomic mass is 35.5. The Morgan fingerprint density at radius 1 is 1.56 bits per heavy atom. The fraction of sp³-hybridized carbons (Fsp3) is 0.364. The van der Waals surface area contributed by atoms with Crippen molar-refractivity contribution in [3.05, 3.63) is 23.2 Å². The SMILES string of the molecule is CC(C)Oc1c(Cl)cccc1NC(=O)CO. The second kappa shape index (κ2) is 5.72. The molecule has 0 atom stereocenters. The van der Waals surface area contributed by atoms with Crippen molar-refractivity contribution in [3.8, 4) is 5.75 Å². The first-order valence-corrected chi connectivity index (χ1v) is 5.28. The van der Waals surface area contributed by atoms with Gasteiger partial charge in [-0.05, 0) is 26.0 Å². The third-order valence-electron chi connectivity index (χ3n) is 1.74. The summed E-state index contributed by atoms with van der Waals surface area (Å²) in [4.78, 5) is 11.1. The first-order valence-electron chi connectivity index (χ1n) is 4.90. The van der Waals surface area contributed by atoms with Crippen LogP contribution in [-0.2, 0) is 4.79 Å². The van der Waals surface area contributed by atoms with Gasteiger partial charge in [0.15, 0.2) is 5.75 Å². The van der Waals surface area contributed by atoms with Crippen LogP contribution in [0.15, 0.2) is 18.2 Å². The molecule has 0 unspecified atom stereocenters. The number of rotatable bonds is 4. The molecule has 0 aliphatic carbocycles. The number of amides is 1. The summed E-state index contributed by atoms with van der Waals surface area (Å²) >= 11 is 5.96. The van der Waals surface area contributed by atoms with Crippen LogP contribution in [0, 0.1) is 0 Å². The maximum atomic E-state index is 11.1. The highest BCUT2D eigenvalue weighted by Gasteiger charge is 2.11. The van der Waals surface area contributed by atoms with E-state index in [0.29, 0.717) is 16.5 Å². The number of aliphatic hydroxyl groups excluding tert-OH is 1. The monoisotopic (exact) mass is 243 g/mol. The fourth-order valence-corrected chi connectivity index (χ4v) is 1.37. The van der Waals surface area contributed by atoms with Gasteiger partial charge in [0.05, 0.1) is 16.8 Å². The normalized spacial score (nSPS) is 10.3. The molecule has 0 aromatic heterocycles. The molecule has 0 fully saturated rings. The van der Waals surface area contributed by atoms with Crippen LogP contribution in [0.2, 0.25) is 5.02 Å². The van der Waals surface area contributed by atoms with Gasteiger partial charge >= 0.3 is 0 Å². The van der Waals surface area contributed by atoms with Gasteiger partial charge in [0, 0.05) is 0 Å². The molecule has 1 aromatic carbocycles. The summed E-state index contributed by atoms with van der Waals surface area (Å²) in [6.07, 6.45) is -0.0512. The van der Waals surface area contributed by atoms with E-state index < -0.39 is 12.5 Å². The van der Waals surface area contributed by atoms with Gasteiger partial charge in [-0.2, -0.15) is 0 Å². The number of para-hydroxylation sites is 1. The molecule has 2 N–H and O–H groups in total. The summed E-state index contributed by atoms with van der Waals surface area (Å²) in [6.45, 7) is 3.15. The summed E-state index contributed by atoms with van der Waals surface area (Å²) in [5.74, 6) is -0.0863. The van der Waals surface area contributed by atoms with Gasteiger partial charge in [-0.15, -0.1) is 0 Å². The van der Waals surface area contributed by atoms with E-state index in [4.69, 9.17) is 21.4 Å². The zero-order valence-corrected chi connectivity index (χ0v) is 9.91. The number of benzene rings is 1. The van der Waals surface area contributed by atoms with Gasteiger partial charge < -0.3 is 15.2 Å². The summed E-state index contributed by atoms with van der Waals surface area (Å²) in [5, 5.41) is 11.6. The minimum atomic E-state index is -0.576. The number of ether oxygens (including phenoxy) is 1. The van der Waals surface area contributed by atoms with Crippen molar-refractivity contribution in [1.29, 1.82) is 0 Å². The number of hydrogen-bond donors (Lipinski definition) is 2. The first-order chi connectivity index (χ1) is 7.54. The van der Waals surface area contributed by atoms with E-state index in [2.05, 4.69) is 5.32 Å². The Balaban J connectivity index is 2.98. The Hall–Kier alpha value is -1.26. The maximum absolute atomic E-state index is 11.1. The molecule has 4 nitrogen and oxygen atoms in total. The highest BCUT2D eigenvalue weighted by Crippen LogP contribution is 2.33. The second-order valence-electron chi connectivity index (χ2n) is 3.49. The zero-order valence-electron chi connectivity index (χ0n) is 9.16. The molecule has 0 aliphatic rings. The third kappa shape index (κ3) is 3.40. The molecular formula is C11H14ClNO3. The van der Waals surface area contributed by atoms with Crippen LogP contribution in [0.1, 0.15) is 13.8 Å². The zero-order chi connectivity index (χ0) is 12.1. The van der Waals surface area contributed by atoms with Crippen molar-refractivity contribution >= 4 is 23.2 Å². The Bertz CT molecular complexity index is 379. The number of halogens is 1. The molecule has 1 amide bonds. The highest BCUT2D eigenvalue weighted by molar-refractivity contribution is 6.32. The smallest absolute Gasteiger partial charge is 0.250 e. The van der Waals surface area contributed by atoms with Gasteiger partial charge in [-0.3, -0.25) is 4.79 Å². The van der Waals surface area contributed by atoms with E-state index in [1.807, 2.05) is 13.8 Å². The Kier molecular flexibility index (Phi) is 4.58. The van der Waals surface area contributed by atoms with Crippen LogP contribution < -0.4 is 10.1 Å². The number of carbonyl (C=O) groups excluding carboxylic acids is 1. The number of hydrogen-bond acceptors (Lipinski definition) is 3. The van der Waals surface area contributed by atoms with Gasteiger partial charge in [-0.1, -0.05) is 17.7 Å². The quantitative estimate of drug-likeness (QED) is 0.851. The molecule has 16 heavy (non-hydrogen) atoms. The largest absolute Gasteiger partial charge is 0.487 e. The van der Waals surface area contributed by atoms with E-state index >= 15 is 0 Å². The maximum Gasteiger partial charge on any atom is 0.250 e. The van der Waals surface area contributed by atoms with Gasteiger partial charge in [0.25, 0.3) is 0 Å². The van der Waals surface area contributed by atoms with E-state index in [0.717, 1.165) is 0 Å². The summed E-state index contributed by atoms with van der Waals surface area (Å²) < 4.78 is 5.49. The lowest BCUT2D eigenvalue weighted by Gasteiger charge is -2.15. The number of nitrogens with one attached hydrogen (secondary N) is 1.